The SMILES string of the molecule is CC1(C)CCC(O)C(OCC2CCOCC2)C1. The van der Waals surface area contributed by atoms with Crippen LogP contribution < -0.4 is 0 Å². The lowest BCUT2D eigenvalue weighted by Gasteiger charge is -2.39. The highest BCUT2D eigenvalue weighted by Gasteiger charge is 2.34. The Morgan fingerprint density at radius 3 is 2.65 bits per heavy atom. The highest BCUT2D eigenvalue weighted by Crippen LogP contribution is 2.37. The highest BCUT2D eigenvalue weighted by molar-refractivity contribution is 4.85. The molecule has 0 amide bonds. The quantitative estimate of drug-likeness (QED) is 0.825. The maximum absolute atomic E-state index is 9.98. The summed E-state index contributed by atoms with van der Waals surface area (Å²) in [5.41, 5.74) is 0.319. The maximum atomic E-state index is 9.98. The molecule has 0 aromatic carbocycles. The zero-order valence-corrected chi connectivity index (χ0v) is 11.2. The Morgan fingerprint density at radius 1 is 1.24 bits per heavy atom. The average molecular weight is 242 g/mol. The summed E-state index contributed by atoms with van der Waals surface area (Å²) >= 11 is 0. The fourth-order valence-corrected chi connectivity index (χ4v) is 2.85. The zero-order chi connectivity index (χ0) is 12.3. The summed E-state index contributed by atoms with van der Waals surface area (Å²) in [5.74, 6) is 0.626. The van der Waals surface area contributed by atoms with Crippen LogP contribution in [-0.2, 0) is 9.47 Å². The summed E-state index contributed by atoms with van der Waals surface area (Å²) in [6, 6.07) is 0. The maximum Gasteiger partial charge on any atom is 0.0839 e. The van der Waals surface area contributed by atoms with E-state index >= 15 is 0 Å². The van der Waals surface area contributed by atoms with E-state index in [1.807, 2.05) is 0 Å². The lowest BCUT2D eigenvalue weighted by molar-refractivity contribution is -0.101. The Hall–Kier alpha value is -0.120. The van der Waals surface area contributed by atoms with Gasteiger partial charge in [0, 0.05) is 13.2 Å². The molecule has 1 saturated heterocycles. The molecule has 3 heteroatoms. The number of hydrogen-bond acceptors (Lipinski definition) is 3. The van der Waals surface area contributed by atoms with E-state index < -0.39 is 0 Å². The number of rotatable bonds is 3. The highest BCUT2D eigenvalue weighted by atomic mass is 16.5. The molecule has 1 saturated carbocycles. The molecule has 2 fully saturated rings. The van der Waals surface area contributed by atoms with Crippen LogP contribution in [0.4, 0.5) is 0 Å². The first-order valence-corrected chi connectivity index (χ1v) is 6.94. The van der Waals surface area contributed by atoms with E-state index in [0.717, 1.165) is 51.9 Å². The van der Waals surface area contributed by atoms with Crippen molar-refractivity contribution in [1.82, 2.24) is 0 Å². The zero-order valence-electron chi connectivity index (χ0n) is 11.2. The van der Waals surface area contributed by atoms with Gasteiger partial charge < -0.3 is 14.6 Å². The van der Waals surface area contributed by atoms with Crippen molar-refractivity contribution < 1.29 is 14.6 Å². The summed E-state index contributed by atoms with van der Waals surface area (Å²) in [5, 5.41) is 9.98. The van der Waals surface area contributed by atoms with Gasteiger partial charge in [-0.05, 0) is 43.4 Å². The average Bonchev–Trinajstić information content (AvgIpc) is 2.32. The third kappa shape index (κ3) is 3.94. The minimum absolute atomic E-state index is 0.0431. The second-order valence-electron chi connectivity index (χ2n) is 6.40. The Balaban J connectivity index is 1.76. The second kappa shape index (κ2) is 5.68. The molecule has 2 unspecified atom stereocenters. The predicted octanol–water partition coefficient (Wildman–Crippen LogP) is 2.37. The molecule has 0 aromatic rings. The molecule has 0 bridgehead atoms. The van der Waals surface area contributed by atoms with E-state index in [4.69, 9.17) is 9.47 Å². The first kappa shape index (κ1) is 13.3. The molecule has 1 aliphatic carbocycles. The molecule has 2 atom stereocenters. The Kier molecular flexibility index (Phi) is 4.45. The van der Waals surface area contributed by atoms with Crippen molar-refractivity contribution >= 4 is 0 Å². The third-order valence-corrected chi connectivity index (χ3v) is 4.19. The fourth-order valence-electron chi connectivity index (χ4n) is 2.85. The molecule has 0 spiro atoms. The van der Waals surface area contributed by atoms with Crippen molar-refractivity contribution in [3.8, 4) is 0 Å². The molecular weight excluding hydrogens is 216 g/mol. The lowest BCUT2D eigenvalue weighted by Crippen LogP contribution is -2.40. The van der Waals surface area contributed by atoms with Gasteiger partial charge in [-0.2, -0.15) is 0 Å². The molecule has 100 valence electrons. The Morgan fingerprint density at radius 2 is 1.94 bits per heavy atom. The first-order chi connectivity index (χ1) is 8.07. The van der Waals surface area contributed by atoms with Gasteiger partial charge >= 0.3 is 0 Å². The first-order valence-electron chi connectivity index (χ1n) is 6.94. The van der Waals surface area contributed by atoms with Gasteiger partial charge in [0.25, 0.3) is 0 Å². The van der Waals surface area contributed by atoms with Crippen LogP contribution in [0.2, 0.25) is 0 Å². The van der Waals surface area contributed by atoms with Crippen LogP contribution in [0.3, 0.4) is 0 Å². The minimum Gasteiger partial charge on any atom is -0.390 e. The normalized spacial score (nSPS) is 34.8. The molecule has 2 rings (SSSR count). The Labute approximate surface area is 104 Å². The van der Waals surface area contributed by atoms with Crippen molar-refractivity contribution in [2.24, 2.45) is 11.3 Å². The van der Waals surface area contributed by atoms with Crippen molar-refractivity contribution in [3.63, 3.8) is 0 Å². The minimum atomic E-state index is -0.261. The van der Waals surface area contributed by atoms with E-state index in [-0.39, 0.29) is 12.2 Å². The topological polar surface area (TPSA) is 38.7 Å². The van der Waals surface area contributed by atoms with Gasteiger partial charge in [0.05, 0.1) is 18.8 Å². The van der Waals surface area contributed by atoms with Crippen molar-refractivity contribution in [2.45, 2.75) is 58.2 Å². The second-order valence-corrected chi connectivity index (χ2v) is 6.40. The predicted molar refractivity (Wildman–Crippen MR) is 66.9 cm³/mol. The largest absolute Gasteiger partial charge is 0.390 e. The number of hydrogen-bond donors (Lipinski definition) is 1. The van der Waals surface area contributed by atoms with Crippen LogP contribution in [0.5, 0.6) is 0 Å². The number of aliphatic hydroxyl groups excluding tert-OH is 1. The van der Waals surface area contributed by atoms with Gasteiger partial charge in [-0.3, -0.25) is 0 Å². The van der Waals surface area contributed by atoms with Crippen molar-refractivity contribution in [3.05, 3.63) is 0 Å². The van der Waals surface area contributed by atoms with Crippen molar-refractivity contribution in [1.29, 1.82) is 0 Å². The van der Waals surface area contributed by atoms with E-state index in [1.54, 1.807) is 0 Å². The monoisotopic (exact) mass is 242 g/mol. The number of aliphatic hydroxyl groups is 1. The number of ether oxygens (including phenoxy) is 2. The third-order valence-electron chi connectivity index (χ3n) is 4.19. The van der Waals surface area contributed by atoms with Gasteiger partial charge in [-0.1, -0.05) is 13.8 Å². The fraction of sp³-hybridized carbons (Fsp3) is 1.00. The van der Waals surface area contributed by atoms with Gasteiger partial charge in [-0.15, -0.1) is 0 Å². The molecular formula is C14H26O3. The summed E-state index contributed by atoms with van der Waals surface area (Å²) in [6.45, 7) is 7.06. The summed E-state index contributed by atoms with van der Waals surface area (Å²) in [6.07, 6.45) is 4.96. The molecule has 1 N–H and O–H groups in total. The van der Waals surface area contributed by atoms with Crippen molar-refractivity contribution in [2.75, 3.05) is 19.8 Å². The summed E-state index contributed by atoms with van der Waals surface area (Å²) in [7, 11) is 0. The molecule has 0 radical (unpaired) electrons. The molecule has 2 aliphatic rings. The van der Waals surface area contributed by atoms with Crippen LogP contribution in [0, 0.1) is 11.3 Å². The Bertz CT molecular complexity index is 234. The van der Waals surface area contributed by atoms with Crippen LogP contribution >= 0.6 is 0 Å². The lowest BCUT2D eigenvalue weighted by atomic mass is 9.75. The van der Waals surface area contributed by atoms with Crippen LogP contribution in [0.15, 0.2) is 0 Å². The van der Waals surface area contributed by atoms with Gasteiger partial charge in [0.2, 0.25) is 0 Å². The molecule has 3 nitrogen and oxygen atoms in total. The van der Waals surface area contributed by atoms with Gasteiger partial charge in [0.1, 0.15) is 0 Å². The van der Waals surface area contributed by atoms with E-state index in [0.29, 0.717) is 11.3 Å². The standard InChI is InChI=1S/C14H26O3/c1-14(2)6-3-12(15)13(9-14)17-10-11-4-7-16-8-5-11/h11-13,15H,3-10H2,1-2H3. The van der Waals surface area contributed by atoms with Crippen LogP contribution in [-0.4, -0.2) is 37.1 Å². The van der Waals surface area contributed by atoms with Gasteiger partial charge in [0.15, 0.2) is 0 Å². The molecule has 1 heterocycles. The van der Waals surface area contributed by atoms with E-state index in [1.165, 1.54) is 0 Å². The molecule has 1 aliphatic heterocycles. The van der Waals surface area contributed by atoms with E-state index in [2.05, 4.69) is 13.8 Å². The smallest absolute Gasteiger partial charge is 0.0839 e. The molecule has 17 heavy (non-hydrogen) atoms. The summed E-state index contributed by atoms with van der Waals surface area (Å²) < 4.78 is 11.3. The van der Waals surface area contributed by atoms with Crippen LogP contribution in [0.1, 0.15) is 46.0 Å². The molecule has 0 aromatic heterocycles. The van der Waals surface area contributed by atoms with E-state index in [9.17, 15) is 5.11 Å². The van der Waals surface area contributed by atoms with Crippen LogP contribution in [0.25, 0.3) is 0 Å². The summed E-state index contributed by atoms with van der Waals surface area (Å²) in [4.78, 5) is 0. The van der Waals surface area contributed by atoms with Gasteiger partial charge in [-0.25, -0.2) is 0 Å².